The molecular weight excluding hydrogens is 434 g/mol. The first-order valence-corrected chi connectivity index (χ1v) is 12.3. The molecule has 0 spiro atoms. The van der Waals surface area contributed by atoms with E-state index in [2.05, 4.69) is 13.8 Å². The number of carbonyl (C=O) groups is 1. The number of hydrogen-bond donors (Lipinski definition) is 0. The molecule has 0 saturated carbocycles. The Hall–Kier alpha value is -1.57. The Morgan fingerprint density at radius 2 is 2.03 bits per heavy atom. The molecule has 8 heteroatoms. The third-order valence-electron chi connectivity index (χ3n) is 5.57. The van der Waals surface area contributed by atoms with E-state index in [-0.39, 0.29) is 16.7 Å². The number of aromatic nitrogens is 2. The number of halogens is 1. The summed E-state index contributed by atoms with van der Waals surface area (Å²) >= 11 is 7.48. The lowest BCUT2D eigenvalue weighted by atomic mass is 9.92. The molecule has 1 aromatic heterocycles. The van der Waals surface area contributed by atoms with E-state index in [1.807, 2.05) is 18.7 Å². The fourth-order valence-electron chi connectivity index (χ4n) is 4.24. The van der Waals surface area contributed by atoms with E-state index >= 15 is 0 Å². The number of fused-ring (bicyclic) bond motifs is 1. The maximum atomic E-state index is 13.2. The zero-order chi connectivity index (χ0) is 22.5. The minimum atomic E-state index is -0.334. The third-order valence-corrected chi connectivity index (χ3v) is 6.88. The predicted molar refractivity (Wildman–Crippen MR) is 127 cm³/mol. The number of thioether (sulfide) groups is 1. The van der Waals surface area contributed by atoms with E-state index in [0.29, 0.717) is 59.1 Å². The number of likely N-dealkylation sites (tertiary alicyclic amines) is 1. The molecule has 1 saturated heterocycles. The van der Waals surface area contributed by atoms with Gasteiger partial charge < -0.3 is 9.64 Å². The van der Waals surface area contributed by atoms with Crippen molar-refractivity contribution < 1.29 is 9.53 Å². The van der Waals surface area contributed by atoms with Crippen LogP contribution in [0.25, 0.3) is 10.9 Å². The molecule has 1 fully saturated rings. The smallest absolute Gasteiger partial charge is 0.262 e. The van der Waals surface area contributed by atoms with E-state index in [1.165, 1.54) is 11.8 Å². The van der Waals surface area contributed by atoms with Gasteiger partial charge in [-0.15, -0.1) is 0 Å². The summed E-state index contributed by atoms with van der Waals surface area (Å²) in [6.07, 6.45) is 1.85. The number of carbonyl (C=O) groups excluding carboxylic acids is 1. The number of hydrogen-bond acceptors (Lipinski definition) is 5. The second-order valence-corrected chi connectivity index (χ2v) is 10.3. The summed E-state index contributed by atoms with van der Waals surface area (Å²) in [5.41, 5.74) is 0.446. The molecule has 170 valence electrons. The Balaban J connectivity index is 1.87. The Labute approximate surface area is 193 Å². The molecule has 1 aliphatic rings. The van der Waals surface area contributed by atoms with Crippen molar-refractivity contribution in [2.45, 2.75) is 57.5 Å². The van der Waals surface area contributed by atoms with Crippen molar-refractivity contribution in [2.24, 2.45) is 11.8 Å². The van der Waals surface area contributed by atoms with Crippen molar-refractivity contribution in [2.75, 3.05) is 26.3 Å². The number of amides is 1. The monoisotopic (exact) mass is 465 g/mol. The van der Waals surface area contributed by atoms with Gasteiger partial charge >= 0.3 is 0 Å². The van der Waals surface area contributed by atoms with Crippen LogP contribution in [0.5, 0.6) is 0 Å². The minimum absolute atomic E-state index is 0.102. The Morgan fingerprint density at radius 1 is 1.32 bits per heavy atom. The van der Waals surface area contributed by atoms with E-state index in [4.69, 9.17) is 21.3 Å². The molecule has 31 heavy (non-hydrogen) atoms. The second kappa shape index (κ2) is 10.8. The highest BCUT2D eigenvalue weighted by atomic mass is 35.5. The van der Waals surface area contributed by atoms with Crippen LogP contribution in [0.2, 0.25) is 5.02 Å². The molecular formula is C23H32ClN3O3S. The first-order valence-electron chi connectivity index (χ1n) is 11.0. The highest BCUT2D eigenvalue weighted by molar-refractivity contribution is 8.00. The quantitative estimate of drug-likeness (QED) is 0.327. The van der Waals surface area contributed by atoms with Gasteiger partial charge in [0, 0.05) is 37.9 Å². The molecule has 3 atom stereocenters. The van der Waals surface area contributed by atoms with Crippen LogP contribution in [0.1, 0.15) is 40.5 Å². The summed E-state index contributed by atoms with van der Waals surface area (Å²) in [6.45, 7) is 11.5. The van der Waals surface area contributed by atoms with Crippen LogP contribution in [0, 0.1) is 11.8 Å². The van der Waals surface area contributed by atoms with Crippen LogP contribution in [0.15, 0.2) is 28.2 Å². The summed E-state index contributed by atoms with van der Waals surface area (Å²) < 4.78 is 7.11. The fourth-order valence-corrected chi connectivity index (χ4v) is 5.42. The lowest BCUT2D eigenvalue weighted by Gasteiger charge is -2.36. The second-order valence-electron chi connectivity index (χ2n) is 8.51. The molecule has 6 nitrogen and oxygen atoms in total. The Kier molecular flexibility index (Phi) is 8.42. The summed E-state index contributed by atoms with van der Waals surface area (Å²) in [5.74, 6) is 1.11. The largest absolute Gasteiger partial charge is 0.382 e. The topological polar surface area (TPSA) is 64.4 Å². The molecule has 3 unspecified atom stereocenters. The highest BCUT2D eigenvalue weighted by Gasteiger charge is 2.29. The van der Waals surface area contributed by atoms with Crippen LogP contribution >= 0.6 is 23.4 Å². The maximum Gasteiger partial charge on any atom is 0.262 e. The molecule has 2 aromatic rings. The van der Waals surface area contributed by atoms with Crippen molar-refractivity contribution in [3.05, 3.63) is 33.6 Å². The third kappa shape index (κ3) is 6.02. The number of rotatable bonds is 8. The average Bonchev–Trinajstić information content (AvgIpc) is 2.71. The zero-order valence-corrected chi connectivity index (χ0v) is 20.3. The average molecular weight is 466 g/mol. The van der Waals surface area contributed by atoms with Gasteiger partial charge in [0.2, 0.25) is 5.91 Å². The van der Waals surface area contributed by atoms with Gasteiger partial charge in [-0.25, -0.2) is 4.98 Å². The van der Waals surface area contributed by atoms with Crippen molar-refractivity contribution in [1.82, 2.24) is 14.5 Å². The van der Waals surface area contributed by atoms with Crippen molar-refractivity contribution in [1.29, 1.82) is 0 Å². The molecule has 0 radical (unpaired) electrons. The molecule has 3 rings (SSSR count). The molecule has 1 aliphatic heterocycles. The van der Waals surface area contributed by atoms with E-state index in [9.17, 15) is 9.59 Å². The normalized spacial score (nSPS) is 20.2. The molecule has 0 bridgehead atoms. The summed E-state index contributed by atoms with van der Waals surface area (Å²) in [7, 11) is 0. The van der Waals surface area contributed by atoms with Crippen LogP contribution < -0.4 is 5.56 Å². The van der Waals surface area contributed by atoms with Gasteiger partial charge in [-0.1, -0.05) is 37.2 Å². The fraction of sp³-hybridized carbons (Fsp3) is 0.609. The zero-order valence-electron chi connectivity index (χ0n) is 18.8. The van der Waals surface area contributed by atoms with Crippen LogP contribution in [0.4, 0.5) is 0 Å². The Bertz CT molecular complexity index is 970. The van der Waals surface area contributed by atoms with Gasteiger partial charge in [0.15, 0.2) is 5.16 Å². The predicted octanol–water partition coefficient (Wildman–Crippen LogP) is 4.46. The van der Waals surface area contributed by atoms with Crippen LogP contribution in [-0.4, -0.2) is 51.9 Å². The number of piperidine rings is 1. The number of nitrogens with zero attached hydrogens (tertiary/aromatic N) is 3. The Morgan fingerprint density at radius 3 is 2.71 bits per heavy atom. The molecule has 1 aromatic carbocycles. The molecule has 0 aliphatic carbocycles. The van der Waals surface area contributed by atoms with E-state index < -0.39 is 0 Å². The van der Waals surface area contributed by atoms with Gasteiger partial charge in [0.05, 0.1) is 16.2 Å². The van der Waals surface area contributed by atoms with Gasteiger partial charge in [-0.2, -0.15) is 0 Å². The molecule has 1 amide bonds. The first-order chi connectivity index (χ1) is 14.8. The SMILES string of the molecule is CCOCCCn1c(SC(C)C(=O)N2CC(C)CC(C)C2)nc2cc(Cl)ccc2c1=O. The molecule has 0 N–H and O–H groups in total. The van der Waals surface area contributed by atoms with Crippen molar-refractivity contribution in [3.8, 4) is 0 Å². The summed E-state index contributed by atoms with van der Waals surface area (Å²) in [6, 6.07) is 5.12. The summed E-state index contributed by atoms with van der Waals surface area (Å²) in [4.78, 5) is 33.0. The highest BCUT2D eigenvalue weighted by Crippen LogP contribution is 2.28. The number of ether oxygens (including phenoxy) is 1. The summed E-state index contributed by atoms with van der Waals surface area (Å²) in [5, 5.41) is 1.28. The number of benzene rings is 1. The van der Waals surface area contributed by atoms with Crippen LogP contribution in [0.3, 0.4) is 0 Å². The van der Waals surface area contributed by atoms with E-state index in [1.54, 1.807) is 22.8 Å². The maximum absolute atomic E-state index is 13.2. The van der Waals surface area contributed by atoms with Gasteiger partial charge in [0.25, 0.3) is 5.56 Å². The minimum Gasteiger partial charge on any atom is -0.382 e. The van der Waals surface area contributed by atoms with Crippen LogP contribution in [-0.2, 0) is 16.1 Å². The van der Waals surface area contributed by atoms with Crippen molar-refractivity contribution in [3.63, 3.8) is 0 Å². The van der Waals surface area contributed by atoms with E-state index in [0.717, 1.165) is 19.5 Å². The first kappa shape index (κ1) is 24.1. The van der Waals surface area contributed by atoms with Gasteiger partial charge in [-0.3, -0.25) is 14.2 Å². The lowest BCUT2D eigenvalue weighted by molar-refractivity contribution is -0.132. The van der Waals surface area contributed by atoms with Crippen molar-refractivity contribution >= 4 is 40.2 Å². The van der Waals surface area contributed by atoms with Gasteiger partial charge in [0.1, 0.15) is 0 Å². The molecule has 2 heterocycles. The standard InChI is InChI=1S/C23H32ClN3O3S/c1-5-30-10-6-9-27-22(29)19-8-7-18(24)12-20(19)25-23(27)31-17(4)21(28)26-13-15(2)11-16(3)14-26/h7-8,12,15-17H,5-6,9-11,13-14H2,1-4H3. The van der Waals surface area contributed by atoms with Gasteiger partial charge in [-0.05, 0) is 56.7 Å². The lowest BCUT2D eigenvalue weighted by Crippen LogP contribution is -2.45.